The van der Waals surface area contributed by atoms with Crippen molar-refractivity contribution >= 4 is 28.2 Å². The summed E-state index contributed by atoms with van der Waals surface area (Å²) < 4.78 is 0. The van der Waals surface area contributed by atoms with Gasteiger partial charge in [-0.25, -0.2) is 0 Å². The van der Waals surface area contributed by atoms with Crippen molar-refractivity contribution in [2.45, 2.75) is 45.2 Å². The van der Waals surface area contributed by atoms with Gasteiger partial charge in [0.25, 0.3) is 5.91 Å². The number of piperidine rings is 1. The molecule has 0 unspecified atom stereocenters. The maximum absolute atomic E-state index is 12.7. The number of hydrogen-bond donors (Lipinski definition) is 1. The molecule has 2 aliphatic rings. The molecule has 0 bridgehead atoms. The van der Waals surface area contributed by atoms with Crippen LogP contribution in [0.15, 0.2) is 5.38 Å². The second-order valence-electron chi connectivity index (χ2n) is 5.70. The number of likely N-dealkylation sites (tertiary alicyclic amines) is 1. The number of carbonyl (C=O) groups is 2. The number of amides is 2. The Morgan fingerprint density at radius 1 is 1.48 bits per heavy atom. The van der Waals surface area contributed by atoms with Crippen molar-refractivity contribution in [1.82, 2.24) is 9.96 Å². The van der Waals surface area contributed by atoms with E-state index in [0.717, 1.165) is 22.7 Å². The van der Waals surface area contributed by atoms with Gasteiger partial charge in [0.2, 0.25) is 5.91 Å². The molecule has 0 aliphatic carbocycles. The highest BCUT2D eigenvalue weighted by atomic mass is 32.1. The van der Waals surface area contributed by atoms with E-state index >= 15 is 0 Å². The molecule has 0 radical (unpaired) electrons. The number of imide groups is 1. The molecule has 114 valence electrons. The molecule has 2 amide bonds. The van der Waals surface area contributed by atoms with Crippen molar-refractivity contribution in [2.24, 2.45) is 0 Å². The molecule has 21 heavy (non-hydrogen) atoms. The number of nitrogens with two attached hydrogens (primary N) is 1. The fraction of sp³-hybridized carbons (Fsp3) is 0.571. The van der Waals surface area contributed by atoms with Gasteiger partial charge in [0, 0.05) is 23.9 Å². The Morgan fingerprint density at radius 3 is 2.90 bits per heavy atom. The van der Waals surface area contributed by atoms with Crippen LogP contribution < -0.4 is 10.6 Å². The van der Waals surface area contributed by atoms with Crippen LogP contribution >= 0.6 is 11.3 Å². The largest absolute Gasteiger partial charge is 0.403 e. The molecule has 1 aromatic heterocycles. The lowest BCUT2D eigenvalue weighted by Crippen LogP contribution is -2.62. The number of thiophene rings is 1. The van der Waals surface area contributed by atoms with Crippen LogP contribution in [0.4, 0.5) is 5.00 Å². The second-order valence-corrected chi connectivity index (χ2v) is 6.61. The van der Waals surface area contributed by atoms with Crippen molar-refractivity contribution in [3.05, 3.63) is 10.9 Å². The molecule has 0 aromatic carbocycles. The molecular formula is C14H19N3O3S. The van der Waals surface area contributed by atoms with Crippen molar-refractivity contribution in [3.63, 3.8) is 0 Å². The van der Waals surface area contributed by atoms with Gasteiger partial charge in [-0.05, 0) is 19.8 Å². The number of hydroxylamine groups is 2. The molecule has 1 aromatic rings. The maximum atomic E-state index is 12.7. The summed E-state index contributed by atoms with van der Waals surface area (Å²) in [5, 5.41) is 4.26. The number of nitrogen functional groups attached to an aromatic ring is 1. The Balaban J connectivity index is 1.84. The molecule has 3 rings (SSSR count). The van der Waals surface area contributed by atoms with Crippen LogP contribution in [0.1, 0.15) is 38.7 Å². The first-order valence-corrected chi connectivity index (χ1v) is 8.01. The lowest BCUT2D eigenvalue weighted by Gasteiger charge is -2.42. The van der Waals surface area contributed by atoms with Crippen LogP contribution in [0.25, 0.3) is 0 Å². The van der Waals surface area contributed by atoms with Gasteiger partial charge >= 0.3 is 0 Å². The van der Waals surface area contributed by atoms with Gasteiger partial charge in [0.05, 0.1) is 11.5 Å². The van der Waals surface area contributed by atoms with Gasteiger partial charge in [-0.3, -0.25) is 14.5 Å². The topological polar surface area (TPSA) is 75.9 Å². The molecule has 0 spiro atoms. The van der Waals surface area contributed by atoms with Gasteiger partial charge in [0.15, 0.2) is 5.75 Å². The first-order valence-electron chi connectivity index (χ1n) is 7.13. The van der Waals surface area contributed by atoms with Crippen molar-refractivity contribution < 1.29 is 14.4 Å². The van der Waals surface area contributed by atoms with E-state index in [2.05, 4.69) is 0 Å². The van der Waals surface area contributed by atoms with Gasteiger partial charge in [-0.2, -0.15) is 0 Å². The van der Waals surface area contributed by atoms with Crippen LogP contribution in [0.3, 0.4) is 0 Å². The first kappa shape index (κ1) is 14.3. The molecule has 3 heterocycles. The third-order valence-corrected chi connectivity index (χ3v) is 5.06. The summed E-state index contributed by atoms with van der Waals surface area (Å²) in [6, 6.07) is 0. The van der Waals surface area contributed by atoms with Gasteiger partial charge in [-0.1, -0.05) is 6.92 Å². The molecule has 6 nitrogen and oxygen atoms in total. The maximum Gasteiger partial charge on any atom is 0.252 e. The third kappa shape index (κ3) is 2.11. The minimum Gasteiger partial charge on any atom is -0.403 e. The number of rotatable bonds is 3. The predicted molar refractivity (Wildman–Crippen MR) is 79.6 cm³/mol. The van der Waals surface area contributed by atoms with E-state index in [0.29, 0.717) is 25.9 Å². The molecule has 1 atom stereocenters. The zero-order valence-corrected chi connectivity index (χ0v) is 13.0. The highest BCUT2D eigenvalue weighted by Crippen LogP contribution is 2.42. The second kappa shape index (κ2) is 4.99. The number of carbonyl (C=O) groups excluding carboxylic acids is 2. The normalized spacial score (nSPS) is 26.1. The summed E-state index contributed by atoms with van der Waals surface area (Å²) in [5.74, 6) is 0.464. The smallest absolute Gasteiger partial charge is 0.252 e. The molecule has 2 aliphatic heterocycles. The van der Waals surface area contributed by atoms with Crippen molar-refractivity contribution in [1.29, 1.82) is 0 Å². The Hall–Kier alpha value is -1.60. The Bertz CT molecular complexity index is 600. The number of nitrogens with zero attached hydrogens (tertiary/aromatic N) is 2. The third-order valence-electron chi connectivity index (χ3n) is 4.23. The summed E-state index contributed by atoms with van der Waals surface area (Å²) in [4.78, 5) is 31.9. The van der Waals surface area contributed by atoms with Crippen molar-refractivity contribution in [3.8, 4) is 5.75 Å². The lowest BCUT2D eigenvalue weighted by molar-refractivity contribution is -0.182. The molecule has 0 saturated carbocycles. The van der Waals surface area contributed by atoms with Crippen LogP contribution in [-0.2, 0) is 16.1 Å². The number of fused-ring (bicyclic) bond motifs is 1. The van der Waals surface area contributed by atoms with E-state index < -0.39 is 5.54 Å². The summed E-state index contributed by atoms with van der Waals surface area (Å²) >= 11 is 1.44. The van der Waals surface area contributed by atoms with E-state index in [9.17, 15) is 9.59 Å². The lowest BCUT2D eigenvalue weighted by atomic mass is 9.89. The van der Waals surface area contributed by atoms with Crippen molar-refractivity contribution in [2.75, 3.05) is 12.3 Å². The zero-order valence-electron chi connectivity index (χ0n) is 12.2. The van der Waals surface area contributed by atoms with Gasteiger partial charge < -0.3 is 10.6 Å². The standard InChI is InChI=1S/C14H19N3O3S/c1-3-6-16-11(18)4-5-14(2,13(16)19)17-7-9-10(20-17)8-21-12(9)15/h8H,3-7,15H2,1-2H3/t14-/m1/s1. The SMILES string of the molecule is CCCN1C(=O)CC[C@@](C)(N2Cc3c(csc3N)O2)C1=O. The van der Waals surface area contributed by atoms with Crippen LogP contribution in [0, 0.1) is 0 Å². The Kier molecular flexibility index (Phi) is 3.41. The highest BCUT2D eigenvalue weighted by Gasteiger charge is 2.50. The summed E-state index contributed by atoms with van der Waals surface area (Å²) in [6.45, 7) is 4.75. The zero-order chi connectivity index (χ0) is 15.2. The number of hydrogen-bond acceptors (Lipinski definition) is 6. The Labute approximate surface area is 127 Å². The van der Waals surface area contributed by atoms with E-state index in [1.54, 1.807) is 5.06 Å². The highest BCUT2D eigenvalue weighted by molar-refractivity contribution is 7.14. The van der Waals surface area contributed by atoms with Crippen LogP contribution in [0.2, 0.25) is 0 Å². The average molecular weight is 309 g/mol. The number of anilines is 1. The summed E-state index contributed by atoms with van der Waals surface area (Å²) in [6.07, 6.45) is 1.59. The fourth-order valence-corrected chi connectivity index (χ4v) is 3.59. The van der Waals surface area contributed by atoms with E-state index in [4.69, 9.17) is 10.6 Å². The van der Waals surface area contributed by atoms with Gasteiger partial charge in [0.1, 0.15) is 5.54 Å². The fourth-order valence-electron chi connectivity index (χ4n) is 2.86. The van der Waals surface area contributed by atoms with Crippen LogP contribution in [-0.4, -0.2) is 33.9 Å². The molecule has 7 heteroatoms. The average Bonchev–Trinajstić information content (AvgIpc) is 3.03. The predicted octanol–water partition coefficient (Wildman–Crippen LogP) is 1.76. The molecule has 2 N–H and O–H groups in total. The Morgan fingerprint density at radius 2 is 2.24 bits per heavy atom. The van der Waals surface area contributed by atoms with Gasteiger partial charge in [-0.15, -0.1) is 16.4 Å². The molecule has 1 saturated heterocycles. The van der Waals surface area contributed by atoms with E-state index in [-0.39, 0.29) is 11.8 Å². The quantitative estimate of drug-likeness (QED) is 0.861. The van der Waals surface area contributed by atoms with Crippen LogP contribution in [0.5, 0.6) is 5.75 Å². The minimum atomic E-state index is -0.813. The van der Waals surface area contributed by atoms with E-state index in [1.807, 2.05) is 19.2 Å². The summed E-state index contributed by atoms with van der Waals surface area (Å²) in [7, 11) is 0. The minimum absolute atomic E-state index is 0.0905. The first-order chi connectivity index (χ1) is 9.97. The van der Waals surface area contributed by atoms with E-state index in [1.165, 1.54) is 16.2 Å². The molecule has 1 fully saturated rings. The molecular weight excluding hydrogens is 290 g/mol. The monoisotopic (exact) mass is 309 g/mol. The summed E-state index contributed by atoms with van der Waals surface area (Å²) in [5.41, 5.74) is 6.05.